The van der Waals surface area contributed by atoms with Gasteiger partial charge in [-0.15, -0.1) is 6.42 Å². The van der Waals surface area contributed by atoms with E-state index in [-0.39, 0.29) is 5.41 Å². The summed E-state index contributed by atoms with van der Waals surface area (Å²) >= 11 is 0. The van der Waals surface area contributed by atoms with Crippen LogP contribution in [0, 0.1) is 17.8 Å². The molecule has 1 aliphatic rings. The van der Waals surface area contributed by atoms with Gasteiger partial charge in [0, 0.05) is 0 Å². The molecule has 0 amide bonds. The van der Waals surface area contributed by atoms with E-state index >= 15 is 0 Å². The first kappa shape index (κ1) is 11.6. The van der Waals surface area contributed by atoms with Crippen LogP contribution in [0.5, 0.6) is 0 Å². The molecule has 0 heterocycles. The van der Waals surface area contributed by atoms with Gasteiger partial charge in [0.2, 0.25) is 0 Å². The van der Waals surface area contributed by atoms with Gasteiger partial charge in [-0.05, 0) is 25.8 Å². The molecule has 0 saturated carbocycles. The van der Waals surface area contributed by atoms with Crippen LogP contribution in [0.2, 0.25) is 0 Å². The average molecular weight is 198 g/mol. The molecule has 0 aromatic rings. The van der Waals surface area contributed by atoms with Gasteiger partial charge < -0.3 is 0 Å². The molecular weight excluding hydrogens is 180 g/mol. The van der Waals surface area contributed by atoms with E-state index in [0.29, 0.717) is 0 Å². The average Bonchev–Trinajstić information content (AvgIpc) is 2.24. The molecule has 0 saturated heterocycles. The van der Waals surface area contributed by atoms with Crippen molar-refractivity contribution >= 4 is 0 Å². The number of hydrogen-bond donors (Lipinski definition) is 0. The number of rotatable bonds is 2. The largest absolute Gasteiger partial charge is 0.119 e. The van der Waals surface area contributed by atoms with Crippen LogP contribution in [0.3, 0.4) is 0 Å². The Morgan fingerprint density at radius 1 is 1.53 bits per heavy atom. The van der Waals surface area contributed by atoms with Crippen molar-refractivity contribution in [1.29, 1.82) is 0 Å². The first-order chi connectivity index (χ1) is 7.12. The predicted molar refractivity (Wildman–Crippen MR) is 67.4 cm³/mol. The minimum atomic E-state index is -0.252. The molecule has 78 valence electrons. The monoisotopic (exact) mass is 198 g/mol. The quantitative estimate of drug-likeness (QED) is 0.587. The van der Waals surface area contributed by atoms with Crippen molar-refractivity contribution in [3.63, 3.8) is 0 Å². The summed E-state index contributed by atoms with van der Waals surface area (Å²) in [5.74, 6) is 2.84. The van der Waals surface area contributed by atoms with Crippen LogP contribution < -0.4 is 0 Å². The highest BCUT2D eigenvalue weighted by molar-refractivity contribution is 5.48. The fourth-order valence-corrected chi connectivity index (χ4v) is 1.50. The molecule has 1 rings (SSSR count). The lowest BCUT2D eigenvalue weighted by molar-refractivity contribution is 0.704. The Balaban J connectivity index is 3.04. The third kappa shape index (κ3) is 2.73. The Labute approximate surface area is 93.1 Å². The molecule has 0 aromatic carbocycles. The lowest BCUT2D eigenvalue weighted by Crippen LogP contribution is -2.15. The topological polar surface area (TPSA) is 0 Å². The van der Waals surface area contributed by atoms with Gasteiger partial charge in [-0.2, -0.15) is 0 Å². The maximum absolute atomic E-state index is 5.58. The molecular formula is C15H18. The van der Waals surface area contributed by atoms with E-state index in [1.807, 2.05) is 0 Å². The van der Waals surface area contributed by atoms with Gasteiger partial charge in [-0.3, -0.25) is 0 Å². The van der Waals surface area contributed by atoms with Crippen molar-refractivity contribution in [2.75, 3.05) is 0 Å². The summed E-state index contributed by atoms with van der Waals surface area (Å²) in [5, 5.41) is 0. The summed E-state index contributed by atoms with van der Waals surface area (Å²) in [6.07, 6.45) is 19.3. The third-order valence-electron chi connectivity index (χ3n) is 2.61. The molecule has 1 aliphatic carbocycles. The SMILES string of the molecule is C#CC1(C)C=CC(C)=C/C1=C/C=C\CC. The lowest BCUT2D eigenvalue weighted by Gasteiger charge is -2.24. The molecule has 0 spiro atoms. The van der Waals surface area contributed by atoms with Crippen LogP contribution in [-0.2, 0) is 0 Å². The smallest absolute Gasteiger partial charge is 0.0715 e. The van der Waals surface area contributed by atoms with Gasteiger partial charge in [0.25, 0.3) is 0 Å². The lowest BCUT2D eigenvalue weighted by atomic mass is 9.78. The fourth-order valence-electron chi connectivity index (χ4n) is 1.50. The Morgan fingerprint density at radius 2 is 2.27 bits per heavy atom. The Hall–Kier alpha value is -1.48. The molecule has 15 heavy (non-hydrogen) atoms. The molecule has 1 unspecified atom stereocenters. The highest BCUT2D eigenvalue weighted by Gasteiger charge is 2.23. The molecule has 0 fully saturated rings. The van der Waals surface area contributed by atoms with E-state index < -0.39 is 0 Å². The molecule has 0 heteroatoms. The molecule has 0 bridgehead atoms. The molecule has 1 atom stereocenters. The molecule has 0 aliphatic heterocycles. The Bertz CT molecular complexity index is 383. The maximum atomic E-state index is 5.58. The van der Waals surface area contributed by atoms with E-state index in [1.165, 1.54) is 11.1 Å². The molecule has 0 aromatic heterocycles. The molecule has 0 radical (unpaired) electrons. The van der Waals surface area contributed by atoms with Crippen molar-refractivity contribution in [3.8, 4) is 12.3 Å². The second kappa shape index (κ2) is 4.84. The summed E-state index contributed by atoms with van der Waals surface area (Å²) in [6.45, 7) is 6.28. The second-order valence-electron chi connectivity index (χ2n) is 4.03. The summed E-state index contributed by atoms with van der Waals surface area (Å²) in [4.78, 5) is 0. The van der Waals surface area contributed by atoms with Crippen LogP contribution in [0.4, 0.5) is 0 Å². The van der Waals surface area contributed by atoms with Gasteiger partial charge in [-0.1, -0.05) is 54.9 Å². The highest BCUT2D eigenvalue weighted by atomic mass is 14.2. The minimum Gasteiger partial charge on any atom is -0.119 e. The summed E-state index contributed by atoms with van der Waals surface area (Å²) in [6, 6.07) is 0. The maximum Gasteiger partial charge on any atom is 0.0715 e. The van der Waals surface area contributed by atoms with Gasteiger partial charge >= 0.3 is 0 Å². The van der Waals surface area contributed by atoms with Crippen LogP contribution in [0.25, 0.3) is 0 Å². The second-order valence-corrected chi connectivity index (χ2v) is 4.03. The molecule has 0 nitrogen and oxygen atoms in total. The van der Waals surface area contributed by atoms with Crippen LogP contribution in [0.1, 0.15) is 27.2 Å². The minimum absolute atomic E-state index is 0.252. The van der Waals surface area contributed by atoms with E-state index in [4.69, 9.17) is 6.42 Å². The van der Waals surface area contributed by atoms with Crippen LogP contribution in [-0.4, -0.2) is 0 Å². The van der Waals surface area contributed by atoms with E-state index in [9.17, 15) is 0 Å². The fraction of sp³-hybridized carbons (Fsp3) is 0.333. The van der Waals surface area contributed by atoms with Gasteiger partial charge in [0.1, 0.15) is 0 Å². The van der Waals surface area contributed by atoms with Gasteiger partial charge in [0.05, 0.1) is 5.41 Å². The first-order valence-corrected chi connectivity index (χ1v) is 5.35. The van der Waals surface area contributed by atoms with E-state index in [0.717, 1.165) is 6.42 Å². The van der Waals surface area contributed by atoms with Crippen molar-refractivity contribution < 1.29 is 0 Å². The van der Waals surface area contributed by atoms with E-state index in [1.54, 1.807) is 0 Å². The highest BCUT2D eigenvalue weighted by Crippen LogP contribution is 2.33. The summed E-state index contributed by atoms with van der Waals surface area (Å²) in [7, 11) is 0. The zero-order valence-electron chi connectivity index (χ0n) is 9.75. The third-order valence-corrected chi connectivity index (χ3v) is 2.61. The first-order valence-electron chi connectivity index (χ1n) is 5.35. The van der Waals surface area contributed by atoms with Crippen LogP contribution in [0.15, 0.2) is 47.6 Å². The van der Waals surface area contributed by atoms with Crippen molar-refractivity contribution in [1.82, 2.24) is 0 Å². The predicted octanol–water partition coefficient (Wildman–Crippen LogP) is 4.03. The van der Waals surface area contributed by atoms with Crippen molar-refractivity contribution in [2.45, 2.75) is 27.2 Å². The van der Waals surface area contributed by atoms with Crippen molar-refractivity contribution in [2.24, 2.45) is 5.41 Å². The van der Waals surface area contributed by atoms with Crippen LogP contribution >= 0.6 is 0 Å². The van der Waals surface area contributed by atoms with Crippen molar-refractivity contribution in [3.05, 3.63) is 47.6 Å². The molecule has 0 N–H and O–H groups in total. The zero-order chi connectivity index (χ0) is 11.3. The zero-order valence-corrected chi connectivity index (χ0v) is 9.75. The summed E-state index contributed by atoms with van der Waals surface area (Å²) in [5.41, 5.74) is 2.19. The number of terminal acetylenes is 1. The normalized spacial score (nSPS) is 28.1. The number of hydrogen-bond acceptors (Lipinski definition) is 0. The van der Waals surface area contributed by atoms with Gasteiger partial charge in [0.15, 0.2) is 0 Å². The standard InChI is InChI=1S/C15H18/c1-5-7-8-9-14-12-13(3)10-11-15(14,4)6-2/h2,7-12H,5H2,1,3-4H3/b8-7-,14-9-. The Morgan fingerprint density at radius 3 is 2.87 bits per heavy atom. The number of allylic oxidation sites excluding steroid dienone is 8. The Kier molecular flexibility index (Phi) is 3.74. The summed E-state index contributed by atoms with van der Waals surface area (Å²) < 4.78 is 0. The van der Waals surface area contributed by atoms with E-state index in [2.05, 4.69) is 63.1 Å². The van der Waals surface area contributed by atoms with Gasteiger partial charge in [-0.25, -0.2) is 0 Å².